The van der Waals surface area contributed by atoms with Crippen molar-refractivity contribution in [2.75, 3.05) is 37.4 Å². The summed E-state index contributed by atoms with van der Waals surface area (Å²) in [5, 5.41) is 3.52. The van der Waals surface area contributed by atoms with Crippen molar-refractivity contribution in [2.45, 2.75) is 32.2 Å². The van der Waals surface area contributed by atoms with Crippen LogP contribution in [0.25, 0.3) is 0 Å². The van der Waals surface area contributed by atoms with Gasteiger partial charge in [0.25, 0.3) is 0 Å². The van der Waals surface area contributed by atoms with Crippen molar-refractivity contribution in [1.29, 1.82) is 0 Å². The summed E-state index contributed by atoms with van der Waals surface area (Å²) < 4.78 is 24.2. The number of hydrogen-bond donors (Lipinski definition) is 1. The number of hydrogen-bond acceptors (Lipinski definition) is 4. The van der Waals surface area contributed by atoms with Crippen molar-refractivity contribution in [2.24, 2.45) is 0 Å². The van der Waals surface area contributed by atoms with Crippen molar-refractivity contribution in [3.8, 4) is 0 Å². The Kier molecular flexibility index (Phi) is 6.84. The van der Waals surface area contributed by atoms with Crippen molar-refractivity contribution < 1.29 is 8.42 Å². The van der Waals surface area contributed by atoms with Crippen LogP contribution in [0.15, 0.2) is 0 Å². The third kappa shape index (κ3) is 6.08. The van der Waals surface area contributed by atoms with E-state index in [2.05, 4.69) is 12.2 Å². The highest BCUT2D eigenvalue weighted by Crippen LogP contribution is 2.13. The Labute approximate surface area is 110 Å². The van der Waals surface area contributed by atoms with Gasteiger partial charge in [-0.15, -0.1) is 0 Å². The first kappa shape index (κ1) is 15.3. The van der Waals surface area contributed by atoms with E-state index in [1.807, 2.05) is 11.8 Å². The van der Waals surface area contributed by atoms with Crippen molar-refractivity contribution in [3.63, 3.8) is 0 Å². The van der Waals surface area contributed by atoms with Crippen molar-refractivity contribution in [1.82, 2.24) is 9.62 Å². The van der Waals surface area contributed by atoms with Crippen LogP contribution >= 0.6 is 11.8 Å². The summed E-state index contributed by atoms with van der Waals surface area (Å²) in [5.74, 6) is 2.40. The molecule has 1 aliphatic rings. The molecule has 4 nitrogen and oxygen atoms in total. The Morgan fingerprint density at radius 1 is 1.35 bits per heavy atom. The molecule has 0 atom stereocenters. The normalized spacial score (nSPS) is 19.6. The minimum absolute atomic E-state index is 0.500. The molecule has 0 aliphatic carbocycles. The average Bonchev–Trinajstić information content (AvgIpc) is 2.28. The lowest BCUT2D eigenvalue weighted by Gasteiger charge is -2.30. The summed E-state index contributed by atoms with van der Waals surface area (Å²) in [6.07, 6.45) is 4.37. The maximum atomic E-state index is 11.3. The van der Waals surface area contributed by atoms with Crippen LogP contribution < -0.4 is 5.32 Å². The molecule has 0 radical (unpaired) electrons. The van der Waals surface area contributed by atoms with Crippen LogP contribution in [0.5, 0.6) is 0 Å². The molecule has 1 aliphatic heterocycles. The highest BCUT2D eigenvalue weighted by Gasteiger charge is 2.24. The molecular weight excluding hydrogens is 256 g/mol. The minimum Gasteiger partial charge on any atom is -0.314 e. The van der Waals surface area contributed by atoms with Gasteiger partial charge in [0, 0.05) is 19.1 Å². The largest absolute Gasteiger partial charge is 0.314 e. The monoisotopic (exact) mass is 280 g/mol. The molecule has 0 amide bonds. The molecule has 0 saturated carbocycles. The van der Waals surface area contributed by atoms with Gasteiger partial charge < -0.3 is 5.32 Å². The molecule has 1 N–H and O–H groups in total. The van der Waals surface area contributed by atoms with Gasteiger partial charge in [-0.1, -0.05) is 6.92 Å². The molecule has 0 bridgehead atoms. The Hall–Kier alpha value is 0.220. The van der Waals surface area contributed by atoms with E-state index in [1.165, 1.54) is 24.2 Å². The van der Waals surface area contributed by atoms with E-state index >= 15 is 0 Å². The van der Waals surface area contributed by atoms with Crippen molar-refractivity contribution in [3.05, 3.63) is 0 Å². The summed E-state index contributed by atoms with van der Waals surface area (Å²) >= 11 is 1.97. The molecule has 0 unspecified atom stereocenters. The SMILES string of the molecule is CCSCCCNC1CCN(S(C)(=O)=O)CC1. The van der Waals surface area contributed by atoms with E-state index < -0.39 is 10.0 Å². The molecule has 1 fully saturated rings. The highest BCUT2D eigenvalue weighted by molar-refractivity contribution is 7.99. The Morgan fingerprint density at radius 3 is 2.53 bits per heavy atom. The summed E-state index contributed by atoms with van der Waals surface area (Å²) in [7, 11) is -2.98. The zero-order chi connectivity index (χ0) is 12.7. The predicted molar refractivity (Wildman–Crippen MR) is 75.1 cm³/mol. The Balaban J connectivity index is 2.11. The van der Waals surface area contributed by atoms with Gasteiger partial charge >= 0.3 is 0 Å². The molecule has 1 rings (SSSR count). The fourth-order valence-electron chi connectivity index (χ4n) is 2.02. The zero-order valence-electron chi connectivity index (χ0n) is 10.8. The van der Waals surface area contributed by atoms with Gasteiger partial charge in [-0.25, -0.2) is 12.7 Å². The summed E-state index contributed by atoms with van der Waals surface area (Å²) in [4.78, 5) is 0. The Morgan fingerprint density at radius 2 is 2.00 bits per heavy atom. The van der Waals surface area contributed by atoms with E-state index in [-0.39, 0.29) is 0 Å². The van der Waals surface area contributed by atoms with Gasteiger partial charge in [0.05, 0.1) is 6.26 Å². The first-order valence-electron chi connectivity index (χ1n) is 6.30. The van der Waals surface area contributed by atoms with Crippen LogP contribution in [-0.2, 0) is 10.0 Å². The minimum atomic E-state index is -2.98. The molecule has 1 saturated heterocycles. The van der Waals surface area contributed by atoms with E-state index in [4.69, 9.17) is 0 Å². The number of piperidine rings is 1. The zero-order valence-corrected chi connectivity index (χ0v) is 12.4. The molecule has 0 aromatic heterocycles. The lowest BCUT2D eigenvalue weighted by atomic mass is 10.1. The molecule has 0 spiro atoms. The first-order chi connectivity index (χ1) is 8.04. The number of nitrogens with zero attached hydrogens (tertiary/aromatic N) is 1. The second-order valence-corrected chi connectivity index (χ2v) is 7.82. The number of sulfonamides is 1. The quantitative estimate of drug-likeness (QED) is 0.711. The standard InChI is InChI=1S/C11H24N2O2S2/c1-3-16-10-4-7-12-11-5-8-13(9-6-11)17(2,14)15/h11-12H,3-10H2,1-2H3. The van der Waals surface area contributed by atoms with Crippen molar-refractivity contribution >= 4 is 21.8 Å². The maximum absolute atomic E-state index is 11.3. The first-order valence-corrected chi connectivity index (χ1v) is 9.30. The summed E-state index contributed by atoms with van der Waals surface area (Å²) in [6, 6.07) is 0.500. The highest BCUT2D eigenvalue weighted by atomic mass is 32.2. The van der Waals surface area contributed by atoms with Crippen LogP contribution in [0.4, 0.5) is 0 Å². The molecule has 1 heterocycles. The van der Waals surface area contributed by atoms with Gasteiger partial charge in [-0.05, 0) is 37.3 Å². The second kappa shape index (κ2) is 7.61. The van der Waals surface area contributed by atoms with Gasteiger partial charge in [0.15, 0.2) is 0 Å². The van der Waals surface area contributed by atoms with Crippen LogP contribution in [0.2, 0.25) is 0 Å². The average molecular weight is 280 g/mol. The molecule has 0 aromatic rings. The van der Waals surface area contributed by atoms with Crippen LogP contribution in [0.1, 0.15) is 26.2 Å². The van der Waals surface area contributed by atoms with Crippen LogP contribution in [0, 0.1) is 0 Å². The molecule has 102 valence electrons. The third-order valence-corrected chi connectivity index (χ3v) is 5.31. The number of thioether (sulfide) groups is 1. The lowest BCUT2D eigenvalue weighted by Crippen LogP contribution is -2.44. The van der Waals surface area contributed by atoms with E-state index in [1.54, 1.807) is 4.31 Å². The van der Waals surface area contributed by atoms with Gasteiger partial charge in [0.1, 0.15) is 0 Å². The number of rotatable bonds is 7. The van der Waals surface area contributed by atoms with E-state index in [9.17, 15) is 8.42 Å². The predicted octanol–water partition coefficient (Wildman–Crippen LogP) is 1.14. The molecule has 17 heavy (non-hydrogen) atoms. The molecule has 6 heteroatoms. The van der Waals surface area contributed by atoms with Crippen LogP contribution in [-0.4, -0.2) is 56.2 Å². The molecular formula is C11H24N2O2S2. The fraction of sp³-hybridized carbons (Fsp3) is 1.00. The van der Waals surface area contributed by atoms with Crippen LogP contribution in [0.3, 0.4) is 0 Å². The van der Waals surface area contributed by atoms with Gasteiger partial charge in [0.2, 0.25) is 10.0 Å². The van der Waals surface area contributed by atoms with E-state index in [0.29, 0.717) is 19.1 Å². The number of nitrogens with one attached hydrogen (secondary N) is 1. The summed E-state index contributed by atoms with van der Waals surface area (Å²) in [5.41, 5.74) is 0. The smallest absolute Gasteiger partial charge is 0.211 e. The summed E-state index contributed by atoms with van der Waals surface area (Å²) in [6.45, 7) is 4.57. The Bertz CT molecular complexity index is 299. The lowest BCUT2D eigenvalue weighted by molar-refractivity contribution is 0.291. The molecule has 0 aromatic carbocycles. The topological polar surface area (TPSA) is 49.4 Å². The maximum Gasteiger partial charge on any atom is 0.211 e. The van der Waals surface area contributed by atoms with E-state index in [0.717, 1.165) is 19.4 Å². The van der Waals surface area contributed by atoms with Gasteiger partial charge in [-0.3, -0.25) is 0 Å². The fourth-order valence-corrected chi connectivity index (χ4v) is 3.53. The third-order valence-electron chi connectivity index (χ3n) is 3.03. The van der Waals surface area contributed by atoms with Gasteiger partial charge in [-0.2, -0.15) is 11.8 Å². The second-order valence-electron chi connectivity index (χ2n) is 4.44.